The minimum Gasteiger partial charge on any atom is -0.462 e. The Morgan fingerprint density at radius 3 is 2.70 bits per heavy atom. The van der Waals surface area contributed by atoms with Gasteiger partial charge in [0, 0.05) is 27.9 Å². The van der Waals surface area contributed by atoms with Crippen molar-refractivity contribution >= 4 is 51.8 Å². The second-order valence-electron chi connectivity index (χ2n) is 6.19. The maximum Gasteiger partial charge on any atom is 0.338 e. The first-order valence-corrected chi connectivity index (χ1v) is 10.7. The zero-order chi connectivity index (χ0) is 21.5. The van der Waals surface area contributed by atoms with Gasteiger partial charge < -0.3 is 10.1 Å². The van der Waals surface area contributed by atoms with Gasteiger partial charge in [-0.15, -0.1) is 11.3 Å². The Morgan fingerprint density at radius 2 is 2.03 bits per heavy atom. The molecule has 0 bridgehead atoms. The summed E-state index contributed by atoms with van der Waals surface area (Å²) in [5, 5.41) is 16.0. The molecule has 1 aromatic heterocycles. The number of carbonyl (C=O) groups is 1. The van der Waals surface area contributed by atoms with Crippen LogP contribution < -0.4 is 5.32 Å². The molecule has 8 heteroatoms. The molecule has 5 nitrogen and oxygen atoms in total. The van der Waals surface area contributed by atoms with Crippen molar-refractivity contribution < 1.29 is 9.53 Å². The first-order valence-electron chi connectivity index (χ1n) is 9.07. The fraction of sp³-hybridized carbons (Fsp3) is 0.136. The lowest BCUT2D eigenvalue weighted by Crippen LogP contribution is -2.05. The molecule has 0 fully saturated rings. The van der Waals surface area contributed by atoms with E-state index in [9.17, 15) is 10.1 Å². The highest BCUT2D eigenvalue weighted by atomic mass is 35.5. The molecule has 0 aliphatic heterocycles. The van der Waals surface area contributed by atoms with Crippen LogP contribution in [0.3, 0.4) is 0 Å². The van der Waals surface area contributed by atoms with Gasteiger partial charge in [-0.05, 0) is 48.9 Å². The number of nitrogens with zero attached hydrogens (tertiary/aromatic N) is 2. The number of ether oxygens (including phenoxy) is 1. The number of thiazole rings is 1. The zero-order valence-corrected chi connectivity index (χ0v) is 18.3. The number of aromatic nitrogens is 1. The van der Waals surface area contributed by atoms with Crippen LogP contribution in [-0.4, -0.2) is 17.6 Å². The van der Waals surface area contributed by atoms with E-state index < -0.39 is 0 Å². The van der Waals surface area contributed by atoms with Gasteiger partial charge >= 0.3 is 5.97 Å². The summed E-state index contributed by atoms with van der Waals surface area (Å²) in [6.07, 6.45) is 2.35. The Kier molecular flexibility index (Phi) is 7.47. The predicted molar refractivity (Wildman–Crippen MR) is 122 cm³/mol. The van der Waals surface area contributed by atoms with Gasteiger partial charge in [0.2, 0.25) is 0 Å². The van der Waals surface area contributed by atoms with Crippen LogP contribution in [0.2, 0.25) is 10.0 Å². The van der Waals surface area contributed by atoms with Crippen molar-refractivity contribution in [2.24, 2.45) is 0 Å². The third-order valence-electron chi connectivity index (χ3n) is 4.00. The molecular formula is C22H17Cl2N3O2S. The number of allylic oxidation sites excluding steroid dienone is 1. The molecule has 0 atom stereocenters. The SMILES string of the molecule is CCCOC(=O)c1ccc(NC=C(C#N)c2nc(-c3ccc(Cl)cc3Cl)cs2)cc1. The molecule has 0 unspecified atom stereocenters. The quantitative estimate of drug-likeness (QED) is 0.317. The first-order chi connectivity index (χ1) is 14.5. The molecule has 3 aromatic rings. The van der Waals surface area contributed by atoms with Crippen molar-refractivity contribution in [3.8, 4) is 17.3 Å². The molecular weight excluding hydrogens is 441 g/mol. The summed E-state index contributed by atoms with van der Waals surface area (Å²) >= 11 is 13.5. The molecule has 0 amide bonds. The van der Waals surface area contributed by atoms with E-state index >= 15 is 0 Å². The monoisotopic (exact) mass is 457 g/mol. The summed E-state index contributed by atoms with van der Waals surface area (Å²) < 4.78 is 5.11. The van der Waals surface area contributed by atoms with Crippen molar-refractivity contribution in [3.63, 3.8) is 0 Å². The van der Waals surface area contributed by atoms with E-state index in [1.54, 1.807) is 48.7 Å². The highest BCUT2D eigenvalue weighted by molar-refractivity contribution is 7.11. The first kappa shape index (κ1) is 21.8. The maximum atomic E-state index is 11.9. The lowest BCUT2D eigenvalue weighted by atomic mass is 10.2. The largest absolute Gasteiger partial charge is 0.462 e. The van der Waals surface area contributed by atoms with Crippen molar-refractivity contribution in [2.45, 2.75) is 13.3 Å². The third kappa shape index (κ3) is 5.39. The summed E-state index contributed by atoms with van der Waals surface area (Å²) in [6, 6.07) is 14.2. The molecule has 0 aliphatic carbocycles. The number of rotatable bonds is 7. The van der Waals surface area contributed by atoms with Crippen LogP contribution >= 0.6 is 34.5 Å². The van der Waals surface area contributed by atoms with Crippen molar-refractivity contribution in [2.75, 3.05) is 11.9 Å². The molecule has 0 spiro atoms. The van der Waals surface area contributed by atoms with Gasteiger partial charge in [-0.2, -0.15) is 5.26 Å². The predicted octanol–water partition coefficient (Wildman–Crippen LogP) is 6.66. The van der Waals surface area contributed by atoms with Crippen LogP contribution in [0.4, 0.5) is 5.69 Å². The number of nitrogens with one attached hydrogen (secondary N) is 1. The van der Waals surface area contributed by atoms with Gasteiger partial charge in [0.25, 0.3) is 0 Å². The van der Waals surface area contributed by atoms with Crippen LogP contribution in [0.1, 0.15) is 28.7 Å². The van der Waals surface area contributed by atoms with E-state index in [1.165, 1.54) is 11.3 Å². The molecule has 1 N–H and O–H groups in total. The number of nitriles is 1. The van der Waals surface area contributed by atoms with Crippen LogP contribution in [0.25, 0.3) is 16.8 Å². The van der Waals surface area contributed by atoms with E-state index in [0.29, 0.717) is 38.5 Å². The number of hydrogen-bond acceptors (Lipinski definition) is 6. The van der Waals surface area contributed by atoms with E-state index in [0.717, 1.165) is 17.7 Å². The zero-order valence-electron chi connectivity index (χ0n) is 16.0. The Hall–Kier alpha value is -2.85. The number of benzene rings is 2. The van der Waals surface area contributed by atoms with Crippen LogP contribution in [0.15, 0.2) is 54.0 Å². The van der Waals surface area contributed by atoms with Crippen molar-refractivity contribution in [1.29, 1.82) is 5.26 Å². The number of esters is 1. The second-order valence-corrected chi connectivity index (χ2v) is 7.89. The van der Waals surface area contributed by atoms with Gasteiger partial charge in [-0.1, -0.05) is 30.1 Å². The van der Waals surface area contributed by atoms with E-state index in [4.69, 9.17) is 27.9 Å². The minimum atomic E-state index is -0.354. The van der Waals surface area contributed by atoms with Crippen LogP contribution in [-0.2, 0) is 4.74 Å². The average molecular weight is 458 g/mol. The summed E-state index contributed by atoms with van der Waals surface area (Å²) in [6.45, 7) is 2.33. The standard InChI is InChI=1S/C22H17Cl2N3O2S/c1-2-9-29-22(28)14-3-6-17(7-4-14)26-12-15(11-25)21-27-20(13-30-21)18-8-5-16(23)10-19(18)24/h3-8,10,12-13,26H,2,9H2,1H3. The highest BCUT2D eigenvalue weighted by Crippen LogP contribution is 2.32. The van der Waals surface area contributed by atoms with Gasteiger partial charge in [-0.25, -0.2) is 9.78 Å². The summed E-state index contributed by atoms with van der Waals surface area (Å²) in [5.41, 5.74) is 3.00. The molecule has 152 valence electrons. The van der Waals surface area contributed by atoms with Crippen LogP contribution in [0, 0.1) is 11.3 Å². The molecule has 3 rings (SSSR count). The smallest absolute Gasteiger partial charge is 0.338 e. The lowest BCUT2D eigenvalue weighted by Gasteiger charge is -2.05. The van der Waals surface area contributed by atoms with Gasteiger partial charge in [-0.3, -0.25) is 0 Å². The average Bonchev–Trinajstić information content (AvgIpc) is 3.22. The van der Waals surface area contributed by atoms with E-state index in [2.05, 4.69) is 16.4 Å². The summed E-state index contributed by atoms with van der Waals surface area (Å²) in [7, 11) is 0. The fourth-order valence-corrected chi connectivity index (χ4v) is 3.79. The fourth-order valence-electron chi connectivity index (χ4n) is 2.50. The Labute approximate surface area is 188 Å². The molecule has 2 aromatic carbocycles. The maximum absolute atomic E-state index is 11.9. The number of halogens is 2. The van der Waals surface area contributed by atoms with Gasteiger partial charge in [0.1, 0.15) is 16.6 Å². The molecule has 0 aliphatic rings. The molecule has 30 heavy (non-hydrogen) atoms. The summed E-state index contributed by atoms with van der Waals surface area (Å²) in [4.78, 5) is 16.4. The molecule has 1 heterocycles. The third-order valence-corrected chi connectivity index (χ3v) is 5.43. The van der Waals surface area contributed by atoms with Crippen LogP contribution in [0.5, 0.6) is 0 Å². The topological polar surface area (TPSA) is 75.0 Å². The number of anilines is 1. The molecule has 0 saturated heterocycles. The summed E-state index contributed by atoms with van der Waals surface area (Å²) in [5.74, 6) is -0.354. The van der Waals surface area contributed by atoms with Gasteiger partial charge in [0.05, 0.1) is 22.9 Å². The van der Waals surface area contributed by atoms with E-state index in [1.807, 2.05) is 12.3 Å². The Balaban J connectivity index is 1.73. The van der Waals surface area contributed by atoms with Crippen molar-refractivity contribution in [3.05, 3.63) is 74.7 Å². The number of carbonyl (C=O) groups excluding carboxylic acids is 1. The van der Waals surface area contributed by atoms with Crippen molar-refractivity contribution in [1.82, 2.24) is 4.98 Å². The van der Waals surface area contributed by atoms with Gasteiger partial charge in [0.15, 0.2) is 0 Å². The second kappa shape index (κ2) is 10.3. The Bertz CT molecular complexity index is 1120. The Morgan fingerprint density at radius 1 is 1.27 bits per heavy atom. The molecule has 0 radical (unpaired) electrons. The molecule has 0 saturated carbocycles. The number of hydrogen-bond donors (Lipinski definition) is 1. The minimum absolute atomic E-state index is 0.354. The van der Waals surface area contributed by atoms with E-state index in [-0.39, 0.29) is 5.97 Å². The highest BCUT2D eigenvalue weighted by Gasteiger charge is 2.12. The normalized spacial score (nSPS) is 11.1. The lowest BCUT2D eigenvalue weighted by molar-refractivity contribution is 0.0505.